The average molecular weight is 460 g/mol. The second-order valence-corrected chi connectivity index (χ2v) is 8.55. The zero-order valence-corrected chi connectivity index (χ0v) is 17.8. The molecule has 1 aromatic heterocycles. The van der Waals surface area contributed by atoms with Crippen molar-refractivity contribution in [2.75, 3.05) is 19.7 Å². The SMILES string of the molecule is Cc1c(C(=O)NCC(=O)c2cccc3c2C3(OOCC(=O)O)C(=O)O)sc2c1CNCC2. The molecule has 0 radical (unpaired) electrons. The Bertz CT molecular complexity index is 1140. The van der Waals surface area contributed by atoms with Crippen molar-refractivity contribution in [2.24, 2.45) is 0 Å². The first-order valence-electron chi connectivity index (χ1n) is 9.80. The molecule has 1 aromatic carbocycles. The number of fused-ring (bicyclic) bond motifs is 2. The number of rotatable bonds is 9. The minimum atomic E-state index is -2.04. The fourth-order valence-electron chi connectivity index (χ4n) is 3.90. The molecule has 2 aliphatic rings. The van der Waals surface area contributed by atoms with Gasteiger partial charge in [0.15, 0.2) is 12.4 Å². The summed E-state index contributed by atoms with van der Waals surface area (Å²) in [5, 5.41) is 24.2. The number of carbonyl (C=O) groups excluding carboxylic acids is 2. The Balaban J connectivity index is 1.47. The van der Waals surface area contributed by atoms with Crippen LogP contribution in [-0.4, -0.2) is 53.5 Å². The van der Waals surface area contributed by atoms with Gasteiger partial charge in [0.05, 0.1) is 11.4 Å². The van der Waals surface area contributed by atoms with E-state index in [1.807, 2.05) is 6.92 Å². The minimum absolute atomic E-state index is 0.0653. The monoisotopic (exact) mass is 460 g/mol. The quantitative estimate of drug-likeness (QED) is 0.244. The molecule has 168 valence electrons. The molecule has 1 aliphatic heterocycles. The van der Waals surface area contributed by atoms with Crippen molar-refractivity contribution in [1.29, 1.82) is 0 Å². The van der Waals surface area contributed by atoms with Crippen LogP contribution in [0.25, 0.3) is 0 Å². The van der Waals surface area contributed by atoms with Gasteiger partial charge in [0.2, 0.25) is 0 Å². The summed E-state index contributed by atoms with van der Waals surface area (Å²) in [5.74, 6) is -3.63. The number of carboxylic acids is 2. The maximum absolute atomic E-state index is 12.8. The third kappa shape index (κ3) is 3.69. The Morgan fingerprint density at radius 2 is 2.03 bits per heavy atom. The number of nitrogens with one attached hydrogen (secondary N) is 2. The van der Waals surface area contributed by atoms with Crippen LogP contribution in [0.1, 0.15) is 47.2 Å². The van der Waals surface area contributed by atoms with Gasteiger partial charge in [-0.25, -0.2) is 19.4 Å². The summed E-state index contributed by atoms with van der Waals surface area (Å²) in [4.78, 5) is 59.1. The molecule has 4 rings (SSSR count). The zero-order valence-electron chi connectivity index (χ0n) is 17.0. The summed E-state index contributed by atoms with van der Waals surface area (Å²) in [6.07, 6.45) is 0.852. The van der Waals surface area contributed by atoms with Gasteiger partial charge in [0, 0.05) is 34.7 Å². The Morgan fingerprint density at radius 3 is 2.72 bits per heavy atom. The van der Waals surface area contributed by atoms with E-state index in [0.29, 0.717) is 11.4 Å². The Hall–Kier alpha value is -3.12. The minimum Gasteiger partial charge on any atom is -0.479 e. The number of carbonyl (C=O) groups is 4. The van der Waals surface area contributed by atoms with E-state index in [0.717, 1.165) is 29.0 Å². The maximum atomic E-state index is 12.8. The highest BCUT2D eigenvalue weighted by molar-refractivity contribution is 7.14. The summed E-state index contributed by atoms with van der Waals surface area (Å²) in [7, 11) is 0. The number of Topliss-reactive ketones (excluding diaryl/α,β-unsaturated/α-hetero) is 1. The summed E-state index contributed by atoms with van der Waals surface area (Å²) in [6.45, 7) is 2.25. The molecule has 0 bridgehead atoms. The van der Waals surface area contributed by atoms with Crippen molar-refractivity contribution in [3.05, 3.63) is 55.8 Å². The van der Waals surface area contributed by atoms with Gasteiger partial charge in [-0.2, -0.15) is 0 Å². The summed E-state index contributed by atoms with van der Waals surface area (Å²) in [5.41, 5.74) is 0.325. The topological polar surface area (TPSA) is 151 Å². The van der Waals surface area contributed by atoms with Gasteiger partial charge in [-0.1, -0.05) is 18.2 Å². The van der Waals surface area contributed by atoms with Gasteiger partial charge < -0.3 is 20.8 Å². The Morgan fingerprint density at radius 1 is 1.25 bits per heavy atom. The van der Waals surface area contributed by atoms with Gasteiger partial charge in [-0.05, 0) is 24.5 Å². The first-order valence-corrected chi connectivity index (χ1v) is 10.6. The molecule has 2 aromatic rings. The number of amides is 1. The highest BCUT2D eigenvalue weighted by Crippen LogP contribution is 2.53. The fraction of sp³-hybridized carbons (Fsp3) is 0.333. The highest BCUT2D eigenvalue weighted by atomic mass is 32.1. The van der Waals surface area contributed by atoms with E-state index in [1.54, 1.807) is 0 Å². The van der Waals surface area contributed by atoms with Crippen LogP contribution in [0.2, 0.25) is 0 Å². The van der Waals surface area contributed by atoms with Crippen molar-refractivity contribution in [3.8, 4) is 0 Å². The largest absolute Gasteiger partial charge is 0.479 e. The van der Waals surface area contributed by atoms with Crippen LogP contribution in [0.15, 0.2) is 18.2 Å². The normalized spacial score (nSPS) is 18.4. The van der Waals surface area contributed by atoms with Gasteiger partial charge in [-0.3, -0.25) is 9.59 Å². The molecule has 0 saturated heterocycles. The smallest absolute Gasteiger partial charge is 0.348 e. The van der Waals surface area contributed by atoms with Crippen molar-refractivity contribution in [1.82, 2.24) is 10.6 Å². The van der Waals surface area contributed by atoms with Crippen molar-refractivity contribution in [3.63, 3.8) is 0 Å². The summed E-state index contributed by atoms with van der Waals surface area (Å²) in [6, 6.07) is 4.37. The summed E-state index contributed by atoms with van der Waals surface area (Å²) < 4.78 is 0. The Labute approximate surface area is 186 Å². The van der Waals surface area contributed by atoms with E-state index in [-0.39, 0.29) is 29.1 Å². The molecule has 10 nitrogen and oxygen atoms in total. The lowest BCUT2D eigenvalue weighted by molar-refractivity contribution is -0.333. The molecule has 0 spiro atoms. The first-order chi connectivity index (χ1) is 15.3. The predicted molar refractivity (Wildman–Crippen MR) is 111 cm³/mol. The molecule has 1 unspecified atom stereocenters. The second kappa shape index (κ2) is 8.43. The molecular formula is C21H20N2O8S. The fourth-order valence-corrected chi connectivity index (χ4v) is 5.14. The van der Waals surface area contributed by atoms with Gasteiger partial charge in [0.1, 0.15) is 0 Å². The number of benzene rings is 1. The van der Waals surface area contributed by atoms with Crippen LogP contribution < -0.4 is 10.6 Å². The van der Waals surface area contributed by atoms with Gasteiger partial charge >= 0.3 is 11.9 Å². The van der Waals surface area contributed by atoms with E-state index in [2.05, 4.69) is 15.5 Å². The van der Waals surface area contributed by atoms with E-state index in [1.165, 1.54) is 29.5 Å². The molecule has 2 heterocycles. The standard InChI is InChI=1S/C21H20N2O8S/c1-10-12-7-22-6-5-15(12)32-18(10)19(27)23-8-14(24)11-3-2-4-13-17(11)21(13,20(28)29)31-30-9-16(25)26/h2-4,22H,5-9H2,1H3,(H,23,27)(H,25,26)(H,28,29). The van der Waals surface area contributed by atoms with Crippen LogP contribution in [0.3, 0.4) is 0 Å². The van der Waals surface area contributed by atoms with Gasteiger partial charge in [0.25, 0.3) is 11.5 Å². The molecule has 4 N–H and O–H groups in total. The van der Waals surface area contributed by atoms with Crippen LogP contribution in [0.5, 0.6) is 0 Å². The highest BCUT2D eigenvalue weighted by Gasteiger charge is 2.63. The zero-order chi connectivity index (χ0) is 23.0. The van der Waals surface area contributed by atoms with E-state index in [4.69, 9.17) is 9.99 Å². The predicted octanol–water partition coefficient (Wildman–Crippen LogP) is 0.989. The maximum Gasteiger partial charge on any atom is 0.348 e. The average Bonchev–Trinajstić information content (AvgIpc) is 3.32. The first kappa shape index (κ1) is 22.1. The number of aliphatic carboxylic acids is 2. The van der Waals surface area contributed by atoms with Crippen LogP contribution in [-0.2, 0) is 37.9 Å². The van der Waals surface area contributed by atoms with Gasteiger partial charge in [-0.15, -0.1) is 11.3 Å². The molecule has 1 atom stereocenters. The van der Waals surface area contributed by atoms with Crippen LogP contribution in [0, 0.1) is 6.92 Å². The molecule has 1 aliphatic carbocycles. The molecule has 32 heavy (non-hydrogen) atoms. The summed E-state index contributed by atoms with van der Waals surface area (Å²) >= 11 is 1.42. The number of ketones is 1. The molecule has 0 saturated carbocycles. The van der Waals surface area contributed by atoms with Crippen molar-refractivity contribution >= 4 is 35.0 Å². The third-order valence-corrected chi connectivity index (χ3v) is 6.90. The van der Waals surface area contributed by atoms with E-state index < -0.39 is 29.9 Å². The van der Waals surface area contributed by atoms with Crippen LogP contribution in [0.4, 0.5) is 0 Å². The van der Waals surface area contributed by atoms with Crippen molar-refractivity contribution in [2.45, 2.75) is 25.5 Å². The number of carboxylic acid groups (broad SMARTS) is 2. The third-order valence-electron chi connectivity index (χ3n) is 5.50. The van der Waals surface area contributed by atoms with Crippen molar-refractivity contribution < 1.29 is 39.2 Å². The van der Waals surface area contributed by atoms with E-state index >= 15 is 0 Å². The molecule has 11 heteroatoms. The second-order valence-electron chi connectivity index (χ2n) is 7.44. The number of thiophene rings is 1. The molecular weight excluding hydrogens is 440 g/mol. The Kier molecular flexibility index (Phi) is 5.82. The van der Waals surface area contributed by atoms with Crippen LogP contribution >= 0.6 is 11.3 Å². The number of hydrogen-bond donors (Lipinski definition) is 4. The molecule has 1 amide bonds. The molecule has 0 fully saturated rings. The lowest BCUT2D eigenvalue weighted by Gasteiger charge is -2.12. The van der Waals surface area contributed by atoms with E-state index in [9.17, 15) is 24.3 Å². The lowest BCUT2D eigenvalue weighted by Crippen LogP contribution is -2.31. The lowest BCUT2D eigenvalue weighted by atomic mass is 10.1. The number of hydrogen-bond acceptors (Lipinski definition) is 8.